The van der Waals surface area contributed by atoms with Crippen molar-refractivity contribution in [2.45, 2.75) is 24.8 Å². The van der Waals surface area contributed by atoms with Crippen LogP contribution in [0.25, 0.3) is 0 Å². The van der Waals surface area contributed by atoms with Gasteiger partial charge in [-0.25, -0.2) is 0 Å². The number of aliphatic hydroxyl groups excluding tert-OH is 2. The standard InChI is InChI=1S/C11H12F3NO4/c12-11(13,14)5-1-2-7(15)6(3-5)10(19)8(16)4-9(17)18/h1-3,8,10,16,19H,4,15H2,(H,17,18). The molecule has 0 aliphatic rings. The van der Waals surface area contributed by atoms with E-state index in [4.69, 9.17) is 10.8 Å². The summed E-state index contributed by atoms with van der Waals surface area (Å²) in [6, 6.07) is 2.26. The van der Waals surface area contributed by atoms with E-state index in [9.17, 15) is 28.2 Å². The van der Waals surface area contributed by atoms with Crippen molar-refractivity contribution in [3.05, 3.63) is 29.3 Å². The molecule has 0 aromatic heterocycles. The Kier molecular flexibility index (Phi) is 4.38. The van der Waals surface area contributed by atoms with E-state index in [0.717, 1.165) is 12.1 Å². The van der Waals surface area contributed by atoms with Crippen LogP contribution in [0.3, 0.4) is 0 Å². The van der Waals surface area contributed by atoms with Crippen molar-refractivity contribution in [2.75, 3.05) is 5.73 Å². The van der Waals surface area contributed by atoms with Gasteiger partial charge in [0.1, 0.15) is 6.10 Å². The monoisotopic (exact) mass is 279 g/mol. The zero-order valence-corrected chi connectivity index (χ0v) is 9.55. The number of aliphatic carboxylic acids is 1. The molecule has 5 N–H and O–H groups in total. The predicted molar refractivity (Wildman–Crippen MR) is 59.1 cm³/mol. The van der Waals surface area contributed by atoms with Crippen LogP contribution in [0.5, 0.6) is 0 Å². The Morgan fingerprint density at radius 1 is 1.32 bits per heavy atom. The molecular formula is C11H12F3NO4. The summed E-state index contributed by atoms with van der Waals surface area (Å²) in [5.74, 6) is -1.39. The first-order valence-electron chi connectivity index (χ1n) is 5.17. The molecule has 0 amide bonds. The van der Waals surface area contributed by atoms with Gasteiger partial charge in [-0.2, -0.15) is 13.2 Å². The molecule has 0 bridgehead atoms. The molecule has 1 aromatic carbocycles. The Balaban J connectivity index is 3.08. The lowest BCUT2D eigenvalue weighted by atomic mass is 9.98. The fraction of sp³-hybridized carbons (Fsp3) is 0.364. The van der Waals surface area contributed by atoms with Crippen LogP contribution in [0.15, 0.2) is 18.2 Å². The molecule has 0 heterocycles. The van der Waals surface area contributed by atoms with Crippen molar-refractivity contribution >= 4 is 11.7 Å². The topological polar surface area (TPSA) is 104 Å². The minimum atomic E-state index is -4.63. The minimum Gasteiger partial charge on any atom is -0.481 e. The average molecular weight is 279 g/mol. The fourth-order valence-electron chi connectivity index (χ4n) is 1.51. The van der Waals surface area contributed by atoms with Gasteiger partial charge in [0.15, 0.2) is 0 Å². The number of rotatable bonds is 4. The summed E-state index contributed by atoms with van der Waals surface area (Å²) in [6.45, 7) is 0. The Labute approximate surface area is 106 Å². The number of hydrogen-bond donors (Lipinski definition) is 4. The summed E-state index contributed by atoms with van der Waals surface area (Å²) in [6.07, 6.45) is -8.99. The van der Waals surface area contributed by atoms with E-state index in [1.165, 1.54) is 0 Å². The van der Waals surface area contributed by atoms with Crippen molar-refractivity contribution in [3.63, 3.8) is 0 Å². The molecule has 0 fully saturated rings. The molecule has 1 rings (SSSR count). The molecule has 106 valence electrons. The minimum absolute atomic E-state index is 0.162. The van der Waals surface area contributed by atoms with Crippen LogP contribution >= 0.6 is 0 Å². The number of carboxylic acids is 1. The number of halogens is 3. The number of benzene rings is 1. The van der Waals surface area contributed by atoms with E-state index in [1.807, 2.05) is 0 Å². The Hall–Kier alpha value is -1.80. The van der Waals surface area contributed by atoms with E-state index in [0.29, 0.717) is 6.07 Å². The molecule has 5 nitrogen and oxygen atoms in total. The summed E-state index contributed by atoms with van der Waals surface area (Å²) >= 11 is 0. The second-order valence-electron chi connectivity index (χ2n) is 3.95. The van der Waals surface area contributed by atoms with Crippen molar-refractivity contribution in [2.24, 2.45) is 0 Å². The number of carboxylic acid groups (broad SMARTS) is 1. The van der Waals surface area contributed by atoms with E-state index in [1.54, 1.807) is 0 Å². The highest BCUT2D eigenvalue weighted by Crippen LogP contribution is 2.34. The maximum atomic E-state index is 12.5. The largest absolute Gasteiger partial charge is 0.481 e. The van der Waals surface area contributed by atoms with Crippen LogP contribution in [0.4, 0.5) is 18.9 Å². The number of nitrogen functional groups attached to an aromatic ring is 1. The number of aliphatic hydroxyl groups is 2. The number of nitrogens with two attached hydrogens (primary N) is 1. The van der Waals surface area contributed by atoms with Gasteiger partial charge in [0.25, 0.3) is 0 Å². The van der Waals surface area contributed by atoms with Crippen LogP contribution in [-0.4, -0.2) is 27.4 Å². The third kappa shape index (κ3) is 3.83. The third-order valence-electron chi connectivity index (χ3n) is 2.48. The summed E-state index contributed by atoms with van der Waals surface area (Å²) < 4.78 is 37.5. The zero-order chi connectivity index (χ0) is 14.8. The highest BCUT2D eigenvalue weighted by atomic mass is 19.4. The molecule has 19 heavy (non-hydrogen) atoms. The summed E-state index contributed by atoms with van der Waals surface area (Å²) in [5.41, 5.74) is 3.85. The van der Waals surface area contributed by atoms with Gasteiger partial charge < -0.3 is 21.1 Å². The molecular weight excluding hydrogens is 267 g/mol. The predicted octanol–water partition coefficient (Wildman–Crippen LogP) is 1.16. The Morgan fingerprint density at radius 3 is 2.37 bits per heavy atom. The van der Waals surface area contributed by atoms with Gasteiger partial charge in [-0.3, -0.25) is 4.79 Å². The van der Waals surface area contributed by atoms with Crippen LogP contribution in [0, 0.1) is 0 Å². The average Bonchev–Trinajstić information content (AvgIpc) is 2.26. The molecule has 2 unspecified atom stereocenters. The van der Waals surface area contributed by atoms with E-state index in [2.05, 4.69) is 0 Å². The van der Waals surface area contributed by atoms with Gasteiger partial charge in [-0.1, -0.05) is 0 Å². The first-order valence-corrected chi connectivity index (χ1v) is 5.17. The van der Waals surface area contributed by atoms with Gasteiger partial charge in [-0.05, 0) is 18.2 Å². The quantitative estimate of drug-likeness (QED) is 0.619. The summed E-state index contributed by atoms with van der Waals surface area (Å²) in [5, 5.41) is 27.5. The second-order valence-corrected chi connectivity index (χ2v) is 3.95. The van der Waals surface area contributed by atoms with Gasteiger partial charge in [0, 0.05) is 11.3 Å². The zero-order valence-electron chi connectivity index (χ0n) is 9.55. The first kappa shape index (κ1) is 15.3. The molecule has 0 aliphatic carbocycles. The Morgan fingerprint density at radius 2 is 1.89 bits per heavy atom. The van der Waals surface area contributed by atoms with Gasteiger partial charge in [0.05, 0.1) is 18.1 Å². The van der Waals surface area contributed by atoms with Crippen molar-refractivity contribution in [1.29, 1.82) is 0 Å². The lowest BCUT2D eigenvalue weighted by Crippen LogP contribution is -2.23. The molecule has 2 atom stereocenters. The van der Waals surface area contributed by atoms with Gasteiger partial charge in [0.2, 0.25) is 0 Å². The lowest BCUT2D eigenvalue weighted by Gasteiger charge is -2.19. The third-order valence-corrected chi connectivity index (χ3v) is 2.48. The molecule has 0 spiro atoms. The maximum Gasteiger partial charge on any atom is 0.416 e. The number of alkyl halides is 3. The Bertz CT molecular complexity index is 475. The van der Waals surface area contributed by atoms with Crippen molar-refractivity contribution in [1.82, 2.24) is 0 Å². The molecule has 0 saturated carbocycles. The normalized spacial score (nSPS) is 15.0. The van der Waals surface area contributed by atoms with Gasteiger partial charge in [-0.15, -0.1) is 0 Å². The van der Waals surface area contributed by atoms with Crippen LogP contribution < -0.4 is 5.73 Å². The molecule has 0 saturated heterocycles. The van der Waals surface area contributed by atoms with E-state index < -0.39 is 36.3 Å². The maximum absolute atomic E-state index is 12.5. The molecule has 0 radical (unpaired) electrons. The molecule has 1 aromatic rings. The first-order chi connectivity index (χ1) is 8.62. The summed E-state index contributed by atoms with van der Waals surface area (Å²) in [7, 11) is 0. The SMILES string of the molecule is Nc1ccc(C(F)(F)F)cc1C(O)C(O)CC(=O)O. The number of anilines is 1. The fourth-order valence-corrected chi connectivity index (χ4v) is 1.51. The smallest absolute Gasteiger partial charge is 0.416 e. The van der Waals surface area contributed by atoms with Crippen molar-refractivity contribution in [3.8, 4) is 0 Å². The highest BCUT2D eigenvalue weighted by Gasteiger charge is 2.32. The van der Waals surface area contributed by atoms with Crippen LogP contribution in [-0.2, 0) is 11.0 Å². The van der Waals surface area contributed by atoms with E-state index in [-0.39, 0.29) is 11.3 Å². The summed E-state index contributed by atoms with van der Waals surface area (Å²) in [4.78, 5) is 10.4. The van der Waals surface area contributed by atoms with Gasteiger partial charge >= 0.3 is 12.1 Å². The number of carbonyl (C=O) groups is 1. The number of hydrogen-bond acceptors (Lipinski definition) is 4. The molecule has 8 heteroatoms. The van der Waals surface area contributed by atoms with E-state index >= 15 is 0 Å². The molecule has 0 aliphatic heterocycles. The lowest BCUT2D eigenvalue weighted by molar-refractivity contribution is -0.141. The van der Waals surface area contributed by atoms with Crippen molar-refractivity contribution < 1.29 is 33.3 Å². The van der Waals surface area contributed by atoms with Crippen LogP contribution in [0.1, 0.15) is 23.7 Å². The second kappa shape index (κ2) is 5.45. The highest BCUT2D eigenvalue weighted by molar-refractivity contribution is 5.67. The van der Waals surface area contributed by atoms with Crippen LogP contribution in [0.2, 0.25) is 0 Å².